The maximum Gasteiger partial charge on any atom is 0.306 e. The van der Waals surface area contributed by atoms with Crippen molar-refractivity contribution in [3.63, 3.8) is 0 Å². The van der Waals surface area contributed by atoms with Crippen molar-refractivity contribution < 1.29 is 28.6 Å². The van der Waals surface area contributed by atoms with Crippen LogP contribution >= 0.6 is 0 Å². The molecular formula is C65H112O6. The fraction of sp³-hybridized carbons (Fsp3) is 0.738. The van der Waals surface area contributed by atoms with Gasteiger partial charge in [0.05, 0.1) is 0 Å². The zero-order valence-electron chi connectivity index (χ0n) is 46.7. The van der Waals surface area contributed by atoms with Gasteiger partial charge in [-0.05, 0) is 64.2 Å². The molecule has 0 rings (SSSR count). The topological polar surface area (TPSA) is 78.9 Å². The Morgan fingerprint density at radius 3 is 0.915 bits per heavy atom. The standard InChI is InChI=1S/C65H112O6/c1-4-7-10-13-16-19-22-25-28-31-32-35-37-40-43-46-49-52-55-58-64(67)70-61-62(71-65(68)59-56-53-50-47-44-41-38-34-30-27-24-21-18-15-12-9-6-3)60-69-63(66)57-54-51-48-45-42-39-36-33-29-26-23-20-17-14-11-8-5-2/h9,12,15,18,21,24,26-27,29-30,34,38,41,44,62H,4-8,10-11,13-14,16-17,19-20,22-23,25,28,31-33,35-37,39-40,42-43,45-61H2,1-3H3/b12-9-,18-15-,24-21-,29-26-,30-27-,38-34+,44-41-. The van der Waals surface area contributed by atoms with Crippen molar-refractivity contribution >= 4 is 17.9 Å². The van der Waals surface area contributed by atoms with E-state index in [1.165, 1.54) is 180 Å². The first-order valence-corrected chi connectivity index (χ1v) is 30.2. The predicted molar refractivity (Wildman–Crippen MR) is 307 cm³/mol. The van der Waals surface area contributed by atoms with E-state index in [9.17, 15) is 14.4 Å². The van der Waals surface area contributed by atoms with Gasteiger partial charge in [0.2, 0.25) is 0 Å². The lowest BCUT2D eigenvalue weighted by Gasteiger charge is -2.18. The summed E-state index contributed by atoms with van der Waals surface area (Å²) in [6.45, 7) is 6.48. The molecule has 0 aliphatic heterocycles. The molecule has 408 valence electrons. The van der Waals surface area contributed by atoms with E-state index in [-0.39, 0.29) is 37.5 Å². The molecule has 71 heavy (non-hydrogen) atoms. The average Bonchev–Trinajstić information content (AvgIpc) is 3.37. The van der Waals surface area contributed by atoms with E-state index >= 15 is 0 Å². The minimum Gasteiger partial charge on any atom is -0.462 e. The summed E-state index contributed by atoms with van der Waals surface area (Å²) in [5.74, 6) is -0.931. The third-order valence-electron chi connectivity index (χ3n) is 13.0. The number of unbranched alkanes of at least 4 members (excludes halogenated alkanes) is 34. The van der Waals surface area contributed by atoms with Crippen LogP contribution in [0.15, 0.2) is 85.1 Å². The summed E-state index contributed by atoms with van der Waals surface area (Å²) in [6.07, 6.45) is 77.2. The van der Waals surface area contributed by atoms with Crippen LogP contribution in [-0.2, 0) is 28.6 Å². The zero-order chi connectivity index (χ0) is 51.4. The summed E-state index contributed by atoms with van der Waals surface area (Å²) in [6, 6.07) is 0. The van der Waals surface area contributed by atoms with Gasteiger partial charge in [-0.1, -0.05) is 292 Å². The van der Waals surface area contributed by atoms with Gasteiger partial charge >= 0.3 is 17.9 Å². The number of carbonyl (C=O) groups is 3. The first-order valence-electron chi connectivity index (χ1n) is 30.2. The third kappa shape index (κ3) is 57.4. The van der Waals surface area contributed by atoms with Gasteiger partial charge < -0.3 is 14.2 Å². The predicted octanol–water partition coefficient (Wildman–Crippen LogP) is 20.3. The zero-order valence-corrected chi connectivity index (χ0v) is 46.7. The molecule has 0 spiro atoms. The van der Waals surface area contributed by atoms with E-state index in [0.29, 0.717) is 19.3 Å². The van der Waals surface area contributed by atoms with Crippen LogP contribution in [-0.4, -0.2) is 37.2 Å². The molecule has 0 radical (unpaired) electrons. The summed E-state index contributed by atoms with van der Waals surface area (Å²) in [5.41, 5.74) is 0. The lowest BCUT2D eigenvalue weighted by Crippen LogP contribution is -2.30. The fourth-order valence-electron chi connectivity index (χ4n) is 8.53. The molecule has 0 heterocycles. The van der Waals surface area contributed by atoms with Crippen molar-refractivity contribution in [2.45, 2.75) is 297 Å². The largest absolute Gasteiger partial charge is 0.462 e. The van der Waals surface area contributed by atoms with Crippen LogP contribution in [0.3, 0.4) is 0 Å². The lowest BCUT2D eigenvalue weighted by molar-refractivity contribution is -0.167. The van der Waals surface area contributed by atoms with Gasteiger partial charge in [0.15, 0.2) is 6.10 Å². The highest BCUT2D eigenvalue weighted by Gasteiger charge is 2.19. The van der Waals surface area contributed by atoms with Gasteiger partial charge in [-0.3, -0.25) is 14.4 Å². The molecule has 6 nitrogen and oxygen atoms in total. The molecule has 0 saturated heterocycles. The normalized spacial score (nSPS) is 12.7. The molecule has 0 amide bonds. The van der Waals surface area contributed by atoms with Crippen LogP contribution < -0.4 is 0 Å². The SMILES string of the molecule is CC\C=C/C=C\C=C/C=C\C=C\C=C/CCCCCC(=O)OC(COC(=O)CCCCCCCCC/C=C\CCCCCCCC)COC(=O)CCCCCCCCCCCCCCCCCCCCC. The summed E-state index contributed by atoms with van der Waals surface area (Å²) in [4.78, 5) is 38.2. The van der Waals surface area contributed by atoms with Crippen molar-refractivity contribution in [1.82, 2.24) is 0 Å². The van der Waals surface area contributed by atoms with Crippen LogP contribution in [0.2, 0.25) is 0 Å². The van der Waals surface area contributed by atoms with Crippen molar-refractivity contribution in [1.29, 1.82) is 0 Å². The molecule has 0 saturated carbocycles. The summed E-state index contributed by atoms with van der Waals surface area (Å²) >= 11 is 0. The molecular weight excluding hydrogens is 877 g/mol. The van der Waals surface area contributed by atoms with E-state index in [4.69, 9.17) is 14.2 Å². The van der Waals surface area contributed by atoms with Gasteiger partial charge in [0, 0.05) is 19.3 Å². The van der Waals surface area contributed by atoms with Crippen LogP contribution in [0.1, 0.15) is 290 Å². The van der Waals surface area contributed by atoms with Gasteiger partial charge in [0.25, 0.3) is 0 Å². The second kappa shape index (κ2) is 59.2. The van der Waals surface area contributed by atoms with Crippen molar-refractivity contribution in [3.05, 3.63) is 85.1 Å². The Morgan fingerprint density at radius 1 is 0.296 bits per heavy atom. The molecule has 1 unspecified atom stereocenters. The molecule has 6 heteroatoms. The number of hydrogen-bond donors (Lipinski definition) is 0. The van der Waals surface area contributed by atoms with Crippen molar-refractivity contribution in [3.8, 4) is 0 Å². The number of ether oxygens (including phenoxy) is 3. The van der Waals surface area contributed by atoms with E-state index in [1.54, 1.807) is 0 Å². The summed E-state index contributed by atoms with van der Waals surface area (Å²) in [7, 11) is 0. The minimum absolute atomic E-state index is 0.0939. The molecule has 0 aromatic rings. The maximum atomic E-state index is 12.9. The Kier molecular flexibility index (Phi) is 56.3. The van der Waals surface area contributed by atoms with Gasteiger partial charge in [-0.15, -0.1) is 0 Å². The molecule has 0 aromatic carbocycles. The van der Waals surface area contributed by atoms with Crippen LogP contribution in [0.25, 0.3) is 0 Å². The highest BCUT2D eigenvalue weighted by molar-refractivity contribution is 5.71. The monoisotopic (exact) mass is 989 g/mol. The van der Waals surface area contributed by atoms with Crippen molar-refractivity contribution in [2.75, 3.05) is 13.2 Å². The van der Waals surface area contributed by atoms with E-state index in [0.717, 1.165) is 64.2 Å². The van der Waals surface area contributed by atoms with Gasteiger partial charge in [-0.25, -0.2) is 0 Å². The second-order valence-corrected chi connectivity index (χ2v) is 20.0. The molecule has 0 aliphatic carbocycles. The fourth-order valence-corrected chi connectivity index (χ4v) is 8.53. The third-order valence-corrected chi connectivity index (χ3v) is 13.0. The van der Waals surface area contributed by atoms with Gasteiger partial charge in [-0.2, -0.15) is 0 Å². The molecule has 0 aliphatic rings. The Bertz CT molecular complexity index is 1370. The lowest BCUT2D eigenvalue weighted by atomic mass is 10.0. The first kappa shape index (κ1) is 67.6. The highest BCUT2D eigenvalue weighted by atomic mass is 16.6. The second-order valence-electron chi connectivity index (χ2n) is 20.0. The molecule has 1 atom stereocenters. The van der Waals surface area contributed by atoms with Crippen LogP contribution in [0, 0.1) is 0 Å². The Balaban J connectivity index is 4.44. The Labute approximate surface area is 439 Å². The molecule has 0 N–H and O–H groups in total. The average molecular weight is 990 g/mol. The minimum atomic E-state index is -0.801. The highest BCUT2D eigenvalue weighted by Crippen LogP contribution is 2.16. The summed E-state index contributed by atoms with van der Waals surface area (Å²) in [5, 5.41) is 0. The van der Waals surface area contributed by atoms with Crippen molar-refractivity contribution in [2.24, 2.45) is 0 Å². The van der Waals surface area contributed by atoms with Gasteiger partial charge in [0.1, 0.15) is 13.2 Å². The van der Waals surface area contributed by atoms with Crippen LogP contribution in [0.5, 0.6) is 0 Å². The molecule has 0 bridgehead atoms. The Hall–Kier alpha value is -3.41. The number of hydrogen-bond acceptors (Lipinski definition) is 6. The first-order chi connectivity index (χ1) is 35.0. The van der Waals surface area contributed by atoms with Crippen LogP contribution in [0.4, 0.5) is 0 Å². The summed E-state index contributed by atoms with van der Waals surface area (Å²) < 4.78 is 16.9. The van der Waals surface area contributed by atoms with E-state index in [1.807, 2.05) is 60.8 Å². The van der Waals surface area contributed by atoms with E-state index < -0.39 is 6.10 Å². The number of carbonyl (C=O) groups excluding carboxylic acids is 3. The maximum absolute atomic E-state index is 12.9. The molecule has 0 fully saturated rings. The number of rotatable bonds is 54. The van der Waals surface area contributed by atoms with E-state index in [2.05, 4.69) is 45.1 Å². The quantitative estimate of drug-likeness (QED) is 0.0199. The number of esters is 3. The smallest absolute Gasteiger partial charge is 0.306 e. The molecule has 0 aromatic heterocycles. The number of allylic oxidation sites excluding steroid dienone is 14. The Morgan fingerprint density at radius 2 is 0.563 bits per heavy atom.